The molecule has 1 saturated carbocycles. The lowest BCUT2D eigenvalue weighted by molar-refractivity contribution is -0.117. The minimum absolute atomic E-state index is 0.0770. The number of phenolic OH excluding ortho intramolecular Hbond substituents is 1. The first-order valence-corrected chi connectivity index (χ1v) is 9.29. The van der Waals surface area contributed by atoms with Crippen molar-refractivity contribution in [3.63, 3.8) is 0 Å². The molecule has 5 nitrogen and oxygen atoms in total. The molecule has 0 saturated heterocycles. The Morgan fingerprint density at radius 3 is 2.61 bits per heavy atom. The van der Waals surface area contributed by atoms with Crippen molar-refractivity contribution in [2.45, 2.75) is 26.3 Å². The van der Waals surface area contributed by atoms with Crippen LogP contribution < -0.4 is 5.32 Å². The van der Waals surface area contributed by atoms with Crippen molar-refractivity contribution in [2.75, 3.05) is 5.32 Å². The number of aromatic hydroxyl groups is 1. The van der Waals surface area contributed by atoms with Crippen LogP contribution in [0.2, 0.25) is 0 Å². The van der Waals surface area contributed by atoms with Gasteiger partial charge in [-0.1, -0.05) is 5.92 Å². The number of rotatable bonds is 3. The summed E-state index contributed by atoms with van der Waals surface area (Å²) in [6, 6.07) is 14.6. The number of amides is 1. The molecule has 0 atom stereocenters. The minimum atomic E-state index is 0.0770. The topological polar surface area (TPSA) is 78.0 Å². The van der Waals surface area contributed by atoms with E-state index in [1.54, 1.807) is 18.2 Å². The van der Waals surface area contributed by atoms with Gasteiger partial charge < -0.3 is 15.0 Å². The predicted octanol–water partition coefficient (Wildman–Crippen LogP) is 3.99. The van der Waals surface area contributed by atoms with Crippen molar-refractivity contribution in [2.24, 2.45) is 5.92 Å². The first kappa shape index (κ1) is 17.7. The smallest absolute Gasteiger partial charge is 0.227 e. The highest BCUT2D eigenvalue weighted by atomic mass is 16.3. The first-order valence-electron chi connectivity index (χ1n) is 9.29. The molecule has 1 aliphatic rings. The third kappa shape index (κ3) is 3.31. The van der Waals surface area contributed by atoms with Gasteiger partial charge in [-0.25, -0.2) is 0 Å². The van der Waals surface area contributed by atoms with E-state index in [0.717, 1.165) is 35.0 Å². The second-order valence-corrected chi connectivity index (χ2v) is 6.87. The molecule has 2 N–H and O–H groups in total. The van der Waals surface area contributed by atoms with E-state index in [4.69, 9.17) is 0 Å². The molecular weight excluding hydrogens is 350 g/mol. The van der Waals surface area contributed by atoms with Crippen LogP contribution in [0.25, 0.3) is 10.9 Å². The lowest BCUT2D eigenvalue weighted by Crippen LogP contribution is -2.12. The molecule has 1 heterocycles. The Morgan fingerprint density at radius 1 is 1.21 bits per heavy atom. The van der Waals surface area contributed by atoms with Crippen molar-refractivity contribution in [3.8, 4) is 23.7 Å². The highest BCUT2D eigenvalue weighted by molar-refractivity contribution is 5.94. The number of hydrogen-bond acceptors (Lipinski definition) is 3. The molecule has 5 heteroatoms. The van der Waals surface area contributed by atoms with Gasteiger partial charge in [-0.15, -0.1) is 0 Å². The lowest BCUT2D eigenvalue weighted by Gasteiger charge is -2.04. The van der Waals surface area contributed by atoms with E-state index in [0.29, 0.717) is 17.8 Å². The summed E-state index contributed by atoms with van der Waals surface area (Å²) in [5, 5.41) is 23.1. The number of nitrogens with zero attached hydrogens (tertiary/aromatic N) is 2. The fraction of sp³-hybridized carbons (Fsp3) is 0.217. The number of anilines is 1. The number of carbonyl (C=O) groups is 1. The van der Waals surface area contributed by atoms with Crippen LogP contribution in [0, 0.1) is 29.1 Å². The van der Waals surface area contributed by atoms with E-state index in [2.05, 4.69) is 23.2 Å². The van der Waals surface area contributed by atoms with E-state index >= 15 is 0 Å². The second-order valence-electron chi connectivity index (χ2n) is 6.87. The molecule has 0 aliphatic heterocycles. The zero-order valence-corrected chi connectivity index (χ0v) is 15.5. The third-order valence-electron chi connectivity index (χ3n) is 4.90. The average Bonchev–Trinajstić information content (AvgIpc) is 3.50. The molecule has 0 bridgehead atoms. The van der Waals surface area contributed by atoms with Crippen molar-refractivity contribution >= 4 is 22.5 Å². The molecule has 1 aromatic heterocycles. The highest BCUT2D eigenvalue weighted by Crippen LogP contribution is 2.30. The molecule has 1 fully saturated rings. The number of carbonyl (C=O) groups excluding carboxylic acids is 1. The zero-order chi connectivity index (χ0) is 19.7. The van der Waals surface area contributed by atoms with E-state index in [9.17, 15) is 15.2 Å². The van der Waals surface area contributed by atoms with Crippen LogP contribution in [-0.4, -0.2) is 15.6 Å². The minimum Gasteiger partial charge on any atom is -0.508 e. The summed E-state index contributed by atoms with van der Waals surface area (Å²) < 4.78 is 1.94. The summed E-state index contributed by atoms with van der Waals surface area (Å²) in [6.07, 6.45) is 1.94. The molecule has 0 unspecified atom stereocenters. The number of hydrogen-bond donors (Lipinski definition) is 2. The second kappa shape index (κ2) is 7.13. The Bertz CT molecular complexity index is 1170. The van der Waals surface area contributed by atoms with Gasteiger partial charge in [-0.3, -0.25) is 4.79 Å². The SMILES string of the molecule is CCn1c(C#Cc2ccc(NC(=O)C3CC3)cc2)c(C#N)c2ccc(O)cc21. The Hall–Kier alpha value is -3.70. The fourth-order valence-electron chi connectivity index (χ4n) is 3.27. The summed E-state index contributed by atoms with van der Waals surface area (Å²) in [7, 11) is 0. The Kier molecular flexibility index (Phi) is 4.51. The average molecular weight is 369 g/mol. The zero-order valence-electron chi connectivity index (χ0n) is 15.5. The standard InChI is InChI=1S/C23H19N3O2/c1-2-26-21(20(14-24)19-11-10-18(27)13-22(19)26)12-5-15-3-8-17(9-4-15)25-23(28)16-6-7-16/h3-4,8-11,13,16,27H,2,6-7H2,1H3,(H,25,28). The summed E-state index contributed by atoms with van der Waals surface area (Å²) >= 11 is 0. The largest absolute Gasteiger partial charge is 0.508 e. The molecule has 28 heavy (non-hydrogen) atoms. The number of aryl methyl sites for hydroxylation is 1. The van der Waals surface area contributed by atoms with Gasteiger partial charge in [0.2, 0.25) is 5.91 Å². The Labute approximate surface area is 163 Å². The third-order valence-corrected chi connectivity index (χ3v) is 4.90. The molecule has 0 spiro atoms. The number of benzene rings is 2. The normalized spacial score (nSPS) is 12.9. The summed E-state index contributed by atoms with van der Waals surface area (Å²) in [6.45, 7) is 2.62. The number of aromatic nitrogens is 1. The van der Waals surface area contributed by atoms with Crippen LogP contribution in [0.3, 0.4) is 0 Å². The maximum absolute atomic E-state index is 11.8. The van der Waals surface area contributed by atoms with Gasteiger partial charge in [-0.05, 0) is 62.1 Å². The van der Waals surface area contributed by atoms with Crippen molar-refractivity contribution in [1.82, 2.24) is 4.57 Å². The summed E-state index contributed by atoms with van der Waals surface area (Å²) in [4.78, 5) is 11.8. The summed E-state index contributed by atoms with van der Waals surface area (Å²) in [5.74, 6) is 6.63. The van der Waals surface area contributed by atoms with Crippen LogP contribution in [-0.2, 0) is 11.3 Å². The molecule has 3 aromatic rings. The Balaban J connectivity index is 1.66. The number of fused-ring (bicyclic) bond motifs is 1. The fourth-order valence-corrected chi connectivity index (χ4v) is 3.27. The molecule has 4 rings (SSSR count). The van der Waals surface area contributed by atoms with E-state index in [1.807, 2.05) is 35.8 Å². The maximum Gasteiger partial charge on any atom is 0.227 e. The van der Waals surface area contributed by atoms with Crippen LogP contribution in [0.4, 0.5) is 5.69 Å². The first-order chi connectivity index (χ1) is 13.6. The van der Waals surface area contributed by atoms with E-state index in [1.165, 1.54) is 0 Å². The van der Waals surface area contributed by atoms with Gasteiger partial charge in [0.15, 0.2) is 0 Å². The molecule has 138 valence electrons. The van der Waals surface area contributed by atoms with Gasteiger partial charge >= 0.3 is 0 Å². The maximum atomic E-state index is 11.8. The van der Waals surface area contributed by atoms with Gasteiger partial charge in [0.1, 0.15) is 17.5 Å². The number of nitriles is 1. The van der Waals surface area contributed by atoms with Gasteiger partial charge in [0.25, 0.3) is 0 Å². The molecule has 0 radical (unpaired) electrons. The number of nitrogens with one attached hydrogen (secondary N) is 1. The van der Waals surface area contributed by atoms with E-state index < -0.39 is 0 Å². The van der Waals surface area contributed by atoms with Crippen molar-refractivity contribution < 1.29 is 9.90 Å². The monoisotopic (exact) mass is 369 g/mol. The van der Waals surface area contributed by atoms with E-state index in [-0.39, 0.29) is 17.6 Å². The van der Waals surface area contributed by atoms with Crippen LogP contribution in [0.15, 0.2) is 42.5 Å². The number of phenols is 1. The van der Waals surface area contributed by atoms with Crippen LogP contribution in [0.1, 0.15) is 36.6 Å². The molecule has 1 aliphatic carbocycles. The molecule has 2 aromatic carbocycles. The van der Waals surface area contributed by atoms with Gasteiger partial charge in [0, 0.05) is 35.2 Å². The molecule has 1 amide bonds. The van der Waals surface area contributed by atoms with Crippen LogP contribution in [0.5, 0.6) is 5.75 Å². The van der Waals surface area contributed by atoms with Crippen LogP contribution >= 0.6 is 0 Å². The van der Waals surface area contributed by atoms with Crippen molar-refractivity contribution in [3.05, 3.63) is 59.3 Å². The predicted molar refractivity (Wildman–Crippen MR) is 108 cm³/mol. The lowest BCUT2D eigenvalue weighted by atomic mass is 10.1. The highest BCUT2D eigenvalue weighted by Gasteiger charge is 2.29. The van der Waals surface area contributed by atoms with Crippen molar-refractivity contribution in [1.29, 1.82) is 5.26 Å². The van der Waals surface area contributed by atoms with Gasteiger partial charge in [0.05, 0.1) is 11.1 Å². The molecular formula is C23H19N3O2. The van der Waals surface area contributed by atoms with Gasteiger partial charge in [-0.2, -0.15) is 5.26 Å². The summed E-state index contributed by atoms with van der Waals surface area (Å²) in [5.41, 5.74) is 3.50. The Morgan fingerprint density at radius 2 is 1.96 bits per heavy atom. The quantitative estimate of drug-likeness (QED) is 0.685.